The molecule has 3 nitrogen and oxygen atoms in total. The van der Waals surface area contributed by atoms with Crippen LogP contribution < -0.4 is 5.73 Å². The van der Waals surface area contributed by atoms with Crippen LogP contribution in [0.3, 0.4) is 0 Å². The molecule has 1 aromatic rings. The lowest BCUT2D eigenvalue weighted by Gasteiger charge is -2.37. The van der Waals surface area contributed by atoms with Crippen molar-refractivity contribution < 1.29 is 4.74 Å². The minimum atomic E-state index is -0.145. The van der Waals surface area contributed by atoms with Crippen molar-refractivity contribution in [3.8, 4) is 0 Å². The number of hydrogen-bond acceptors (Lipinski definition) is 3. The van der Waals surface area contributed by atoms with Crippen LogP contribution in [0, 0.1) is 0 Å². The van der Waals surface area contributed by atoms with Crippen LogP contribution in [-0.2, 0) is 11.2 Å². The van der Waals surface area contributed by atoms with E-state index >= 15 is 0 Å². The van der Waals surface area contributed by atoms with Gasteiger partial charge in [-0.05, 0) is 25.0 Å². The van der Waals surface area contributed by atoms with E-state index in [4.69, 9.17) is 10.5 Å². The molecule has 0 aliphatic heterocycles. The molecule has 1 unspecified atom stereocenters. The van der Waals surface area contributed by atoms with Crippen LogP contribution >= 0.6 is 0 Å². The van der Waals surface area contributed by atoms with Crippen LogP contribution in [0.4, 0.5) is 0 Å². The fourth-order valence-corrected chi connectivity index (χ4v) is 2.98. The Labute approximate surface area is 110 Å². The van der Waals surface area contributed by atoms with Crippen molar-refractivity contribution >= 4 is 0 Å². The van der Waals surface area contributed by atoms with Gasteiger partial charge in [0.1, 0.15) is 0 Å². The average molecular weight is 248 g/mol. The Balaban J connectivity index is 2.06. The highest BCUT2D eigenvalue weighted by Crippen LogP contribution is 2.33. The predicted molar refractivity (Wildman–Crippen MR) is 73.4 cm³/mol. The third-order valence-electron chi connectivity index (χ3n) is 4.19. The van der Waals surface area contributed by atoms with E-state index in [0.29, 0.717) is 0 Å². The van der Waals surface area contributed by atoms with E-state index in [1.807, 2.05) is 31.5 Å². The molecule has 0 bridgehead atoms. The summed E-state index contributed by atoms with van der Waals surface area (Å²) >= 11 is 0. The number of pyridine rings is 1. The van der Waals surface area contributed by atoms with Gasteiger partial charge >= 0.3 is 0 Å². The first-order valence-corrected chi connectivity index (χ1v) is 6.97. The zero-order valence-electron chi connectivity index (χ0n) is 11.3. The maximum atomic E-state index is 6.43. The van der Waals surface area contributed by atoms with Crippen molar-refractivity contribution in [2.24, 2.45) is 5.73 Å². The molecule has 1 fully saturated rings. The summed E-state index contributed by atoms with van der Waals surface area (Å²) in [6, 6.07) is 6.03. The molecule has 1 atom stereocenters. The molecule has 0 amide bonds. The van der Waals surface area contributed by atoms with Crippen molar-refractivity contribution in [3.05, 3.63) is 30.1 Å². The van der Waals surface area contributed by atoms with Gasteiger partial charge < -0.3 is 10.5 Å². The van der Waals surface area contributed by atoms with E-state index in [1.165, 1.54) is 25.7 Å². The van der Waals surface area contributed by atoms with Gasteiger partial charge in [-0.15, -0.1) is 0 Å². The molecule has 3 heteroatoms. The standard InChI is InChI=1S/C15H24N2O/c1-18-15(9-5-2-3-6-10-15)14(16)12-13-8-4-7-11-17-13/h4,7-8,11,14H,2-3,5-6,9-10,12,16H2,1H3. The number of methoxy groups -OCH3 is 1. The topological polar surface area (TPSA) is 48.1 Å². The van der Waals surface area contributed by atoms with Gasteiger partial charge in [0, 0.05) is 31.5 Å². The molecule has 1 aromatic heterocycles. The molecule has 1 aliphatic carbocycles. The van der Waals surface area contributed by atoms with E-state index in [1.54, 1.807) is 0 Å². The van der Waals surface area contributed by atoms with Gasteiger partial charge in [-0.25, -0.2) is 0 Å². The van der Waals surface area contributed by atoms with Crippen molar-refractivity contribution in [2.45, 2.75) is 56.6 Å². The van der Waals surface area contributed by atoms with Gasteiger partial charge in [-0.2, -0.15) is 0 Å². The number of hydrogen-bond donors (Lipinski definition) is 1. The first-order chi connectivity index (χ1) is 8.77. The first kappa shape index (κ1) is 13.5. The molecule has 1 saturated carbocycles. The Morgan fingerprint density at radius 3 is 2.56 bits per heavy atom. The van der Waals surface area contributed by atoms with Gasteiger partial charge in [-0.3, -0.25) is 4.98 Å². The summed E-state index contributed by atoms with van der Waals surface area (Å²) in [7, 11) is 1.81. The Kier molecular flexibility index (Phi) is 4.72. The number of nitrogens with zero attached hydrogens (tertiary/aromatic N) is 1. The molecular weight excluding hydrogens is 224 g/mol. The van der Waals surface area contributed by atoms with Crippen molar-refractivity contribution in [1.29, 1.82) is 0 Å². The molecular formula is C15H24N2O. The number of nitrogens with two attached hydrogens (primary N) is 1. The summed E-state index contributed by atoms with van der Waals surface area (Å²) in [4.78, 5) is 4.37. The Morgan fingerprint density at radius 1 is 1.28 bits per heavy atom. The number of rotatable bonds is 4. The monoisotopic (exact) mass is 248 g/mol. The van der Waals surface area contributed by atoms with E-state index in [9.17, 15) is 0 Å². The maximum Gasteiger partial charge on any atom is 0.0832 e. The summed E-state index contributed by atoms with van der Waals surface area (Å²) in [5, 5.41) is 0. The minimum absolute atomic E-state index is 0.0375. The first-order valence-electron chi connectivity index (χ1n) is 6.97. The van der Waals surface area contributed by atoms with Gasteiger partial charge in [0.05, 0.1) is 5.60 Å². The molecule has 0 saturated heterocycles. The van der Waals surface area contributed by atoms with Crippen LogP contribution in [0.25, 0.3) is 0 Å². The number of aromatic nitrogens is 1. The second kappa shape index (κ2) is 6.30. The zero-order chi connectivity index (χ0) is 12.8. The third kappa shape index (κ3) is 3.09. The predicted octanol–water partition coefficient (Wildman–Crippen LogP) is 2.69. The van der Waals surface area contributed by atoms with Gasteiger partial charge in [0.2, 0.25) is 0 Å². The molecule has 1 heterocycles. The molecule has 2 rings (SSSR count). The fourth-order valence-electron chi connectivity index (χ4n) is 2.98. The summed E-state index contributed by atoms with van der Waals surface area (Å²) in [5.74, 6) is 0. The van der Waals surface area contributed by atoms with Crippen LogP contribution in [0.15, 0.2) is 24.4 Å². The smallest absolute Gasteiger partial charge is 0.0832 e. The van der Waals surface area contributed by atoms with Crippen LogP contribution in [0.1, 0.15) is 44.2 Å². The van der Waals surface area contributed by atoms with Crippen molar-refractivity contribution in [1.82, 2.24) is 4.98 Å². The zero-order valence-corrected chi connectivity index (χ0v) is 11.3. The molecule has 1 aliphatic rings. The van der Waals surface area contributed by atoms with Crippen LogP contribution in [-0.4, -0.2) is 23.7 Å². The molecule has 18 heavy (non-hydrogen) atoms. The molecule has 0 radical (unpaired) electrons. The minimum Gasteiger partial charge on any atom is -0.377 e. The van der Waals surface area contributed by atoms with E-state index < -0.39 is 0 Å². The lowest BCUT2D eigenvalue weighted by Crippen LogP contribution is -2.50. The van der Waals surface area contributed by atoms with E-state index in [2.05, 4.69) is 4.98 Å². The summed E-state index contributed by atoms with van der Waals surface area (Å²) in [6.45, 7) is 0. The fraction of sp³-hybridized carbons (Fsp3) is 0.667. The largest absolute Gasteiger partial charge is 0.377 e. The molecule has 2 N–H and O–H groups in total. The van der Waals surface area contributed by atoms with E-state index in [0.717, 1.165) is 25.0 Å². The normalized spacial score (nSPS) is 21.2. The van der Waals surface area contributed by atoms with Crippen molar-refractivity contribution in [3.63, 3.8) is 0 Å². The highest BCUT2D eigenvalue weighted by Gasteiger charge is 2.37. The second-order valence-corrected chi connectivity index (χ2v) is 5.31. The molecule has 0 aromatic carbocycles. The SMILES string of the molecule is COC1(C(N)Cc2ccccn2)CCCCCC1. The average Bonchev–Trinajstić information content (AvgIpc) is 2.66. The van der Waals surface area contributed by atoms with Crippen LogP contribution in [0.5, 0.6) is 0 Å². The number of ether oxygens (including phenoxy) is 1. The highest BCUT2D eigenvalue weighted by molar-refractivity contribution is 5.08. The van der Waals surface area contributed by atoms with Gasteiger partial charge in [0.15, 0.2) is 0 Å². The third-order valence-corrected chi connectivity index (χ3v) is 4.19. The molecule has 0 spiro atoms. The van der Waals surface area contributed by atoms with E-state index in [-0.39, 0.29) is 11.6 Å². The Hall–Kier alpha value is -0.930. The lowest BCUT2D eigenvalue weighted by atomic mass is 9.84. The summed E-state index contributed by atoms with van der Waals surface area (Å²) in [6.07, 6.45) is 9.86. The highest BCUT2D eigenvalue weighted by atomic mass is 16.5. The van der Waals surface area contributed by atoms with Crippen LogP contribution in [0.2, 0.25) is 0 Å². The molecule has 100 valence electrons. The quantitative estimate of drug-likeness (QED) is 0.833. The second-order valence-electron chi connectivity index (χ2n) is 5.31. The van der Waals surface area contributed by atoms with Gasteiger partial charge in [-0.1, -0.05) is 31.7 Å². The summed E-state index contributed by atoms with van der Waals surface area (Å²) < 4.78 is 5.84. The Morgan fingerprint density at radius 2 is 2.00 bits per heavy atom. The van der Waals surface area contributed by atoms with Gasteiger partial charge in [0.25, 0.3) is 0 Å². The summed E-state index contributed by atoms with van der Waals surface area (Å²) in [5.41, 5.74) is 7.35. The maximum absolute atomic E-state index is 6.43. The Bertz CT molecular complexity index is 345. The van der Waals surface area contributed by atoms with Crippen molar-refractivity contribution in [2.75, 3.05) is 7.11 Å². The lowest BCUT2D eigenvalue weighted by molar-refractivity contribution is -0.0432.